The molecular formula is C13H16ClFN2O. The molecule has 0 N–H and O–H groups in total. The minimum atomic E-state index is -0.324. The van der Waals surface area contributed by atoms with Crippen molar-refractivity contribution in [2.45, 2.75) is 31.9 Å². The molecule has 2 rings (SSSR count). The number of hydrogen-bond acceptors (Lipinski definition) is 2. The van der Waals surface area contributed by atoms with Crippen LogP contribution in [0.1, 0.15) is 25.0 Å². The molecule has 2 atom stereocenters. The molecule has 0 aliphatic heterocycles. The van der Waals surface area contributed by atoms with Gasteiger partial charge < -0.3 is 9.30 Å². The average Bonchev–Trinajstić information content (AvgIpc) is 2.70. The Bertz CT molecular complexity index is 553. The van der Waals surface area contributed by atoms with Crippen LogP contribution in [-0.2, 0) is 11.3 Å². The van der Waals surface area contributed by atoms with Gasteiger partial charge in [-0.05, 0) is 26.0 Å². The first-order valence-corrected chi connectivity index (χ1v) is 6.29. The maximum Gasteiger partial charge on any atom is 0.151 e. The Morgan fingerprint density at radius 2 is 2.17 bits per heavy atom. The minimum Gasteiger partial charge on any atom is -0.380 e. The van der Waals surface area contributed by atoms with E-state index in [1.54, 1.807) is 13.2 Å². The van der Waals surface area contributed by atoms with E-state index in [9.17, 15) is 4.39 Å². The maximum atomic E-state index is 13.7. The summed E-state index contributed by atoms with van der Waals surface area (Å²) in [6.45, 7) is 4.38. The summed E-state index contributed by atoms with van der Waals surface area (Å²) in [5.74, 6) is 0.343. The first kappa shape index (κ1) is 13.3. The number of imidazole rings is 1. The minimum absolute atomic E-state index is 0.0137. The number of halogens is 2. The monoisotopic (exact) mass is 270 g/mol. The molecule has 1 heterocycles. The van der Waals surface area contributed by atoms with Crippen LogP contribution in [0.15, 0.2) is 18.2 Å². The SMILES string of the molecule is COC(C)Cn1c(C(C)Cl)nc2c(F)cccc21. The van der Waals surface area contributed by atoms with Crippen molar-refractivity contribution >= 4 is 22.6 Å². The lowest BCUT2D eigenvalue weighted by atomic mass is 10.3. The van der Waals surface area contributed by atoms with E-state index in [-0.39, 0.29) is 17.3 Å². The number of nitrogens with zero attached hydrogens (tertiary/aromatic N) is 2. The van der Waals surface area contributed by atoms with E-state index in [4.69, 9.17) is 16.3 Å². The zero-order chi connectivity index (χ0) is 13.3. The molecule has 5 heteroatoms. The molecule has 1 aromatic carbocycles. The van der Waals surface area contributed by atoms with Crippen LogP contribution in [0.2, 0.25) is 0 Å². The predicted molar refractivity (Wildman–Crippen MR) is 70.4 cm³/mol. The van der Waals surface area contributed by atoms with Gasteiger partial charge in [0.05, 0.1) is 23.5 Å². The third-order valence-electron chi connectivity index (χ3n) is 2.96. The molecule has 0 bridgehead atoms. The van der Waals surface area contributed by atoms with E-state index in [0.717, 1.165) is 5.52 Å². The van der Waals surface area contributed by atoms with Crippen LogP contribution >= 0.6 is 11.6 Å². The quantitative estimate of drug-likeness (QED) is 0.795. The number of rotatable bonds is 4. The van der Waals surface area contributed by atoms with Gasteiger partial charge in [-0.2, -0.15) is 0 Å². The standard InChI is InChI=1S/C13H16ClFN2O/c1-8(18-3)7-17-11-6-4-5-10(15)12(11)16-13(17)9(2)14/h4-6,8-9H,7H2,1-3H3. The third-order valence-corrected chi connectivity index (χ3v) is 3.15. The summed E-state index contributed by atoms with van der Waals surface area (Å²) in [6.07, 6.45) is 0.0137. The highest BCUT2D eigenvalue weighted by molar-refractivity contribution is 6.20. The molecule has 0 aliphatic rings. The number of para-hydroxylation sites is 1. The highest BCUT2D eigenvalue weighted by atomic mass is 35.5. The third kappa shape index (κ3) is 2.35. The number of alkyl halides is 1. The molecule has 18 heavy (non-hydrogen) atoms. The smallest absolute Gasteiger partial charge is 0.151 e. The Balaban J connectivity index is 2.59. The Morgan fingerprint density at radius 3 is 2.78 bits per heavy atom. The number of ether oxygens (including phenoxy) is 1. The molecule has 0 fully saturated rings. The zero-order valence-corrected chi connectivity index (χ0v) is 11.4. The average molecular weight is 271 g/mol. The molecular weight excluding hydrogens is 255 g/mol. The van der Waals surface area contributed by atoms with E-state index >= 15 is 0 Å². The van der Waals surface area contributed by atoms with Crippen molar-refractivity contribution < 1.29 is 9.13 Å². The second-order valence-corrected chi connectivity index (χ2v) is 5.01. The topological polar surface area (TPSA) is 27.1 Å². The molecule has 3 nitrogen and oxygen atoms in total. The lowest BCUT2D eigenvalue weighted by molar-refractivity contribution is 0.103. The fraction of sp³-hybridized carbons (Fsp3) is 0.462. The second-order valence-electron chi connectivity index (χ2n) is 4.35. The van der Waals surface area contributed by atoms with Crippen LogP contribution in [0, 0.1) is 5.82 Å². The lowest BCUT2D eigenvalue weighted by Crippen LogP contribution is -2.16. The van der Waals surface area contributed by atoms with Crippen molar-refractivity contribution in [2.24, 2.45) is 0 Å². The summed E-state index contributed by atoms with van der Waals surface area (Å²) in [7, 11) is 1.65. The Kier molecular flexibility index (Phi) is 3.88. The largest absolute Gasteiger partial charge is 0.380 e. The van der Waals surface area contributed by atoms with Gasteiger partial charge in [0, 0.05) is 7.11 Å². The summed E-state index contributed by atoms with van der Waals surface area (Å²) < 4.78 is 20.9. The van der Waals surface area contributed by atoms with E-state index in [0.29, 0.717) is 17.9 Å². The number of benzene rings is 1. The van der Waals surface area contributed by atoms with Crippen molar-refractivity contribution in [1.82, 2.24) is 9.55 Å². The van der Waals surface area contributed by atoms with Gasteiger partial charge in [0.25, 0.3) is 0 Å². The highest BCUT2D eigenvalue weighted by Gasteiger charge is 2.18. The van der Waals surface area contributed by atoms with Gasteiger partial charge in [-0.3, -0.25) is 0 Å². The molecule has 0 aliphatic carbocycles. The van der Waals surface area contributed by atoms with Gasteiger partial charge in [0.1, 0.15) is 11.3 Å². The number of hydrogen-bond donors (Lipinski definition) is 0. The zero-order valence-electron chi connectivity index (χ0n) is 10.7. The van der Waals surface area contributed by atoms with Crippen molar-refractivity contribution in [2.75, 3.05) is 7.11 Å². The molecule has 2 unspecified atom stereocenters. The molecule has 0 saturated carbocycles. The summed E-state index contributed by atoms with van der Waals surface area (Å²) in [6, 6.07) is 4.93. The lowest BCUT2D eigenvalue weighted by Gasteiger charge is -2.14. The van der Waals surface area contributed by atoms with Gasteiger partial charge in [0.2, 0.25) is 0 Å². The normalized spacial score (nSPS) is 14.9. The van der Waals surface area contributed by atoms with Gasteiger partial charge in [-0.25, -0.2) is 9.37 Å². The summed E-state index contributed by atoms with van der Waals surface area (Å²) >= 11 is 6.11. The molecule has 98 valence electrons. The Morgan fingerprint density at radius 1 is 1.44 bits per heavy atom. The van der Waals surface area contributed by atoms with E-state index < -0.39 is 0 Å². The van der Waals surface area contributed by atoms with E-state index in [1.165, 1.54) is 6.07 Å². The van der Waals surface area contributed by atoms with Crippen LogP contribution in [-0.4, -0.2) is 22.8 Å². The Labute approximate surface area is 111 Å². The molecule has 0 amide bonds. The predicted octanol–water partition coefficient (Wildman–Crippen LogP) is 3.51. The van der Waals surface area contributed by atoms with E-state index in [1.807, 2.05) is 24.5 Å². The van der Waals surface area contributed by atoms with Gasteiger partial charge >= 0.3 is 0 Å². The summed E-state index contributed by atoms with van der Waals surface area (Å²) in [4.78, 5) is 4.30. The highest BCUT2D eigenvalue weighted by Crippen LogP contribution is 2.26. The molecule has 0 saturated heterocycles. The van der Waals surface area contributed by atoms with E-state index in [2.05, 4.69) is 4.98 Å². The maximum absolute atomic E-state index is 13.7. The first-order chi connectivity index (χ1) is 8.54. The van der Waals surface area contributed by atoms with Gasteiger partial charge in [-0.15, -0.1) is 11.6 Å². The molecule has 1 aromatic heterocycles. The molecule has 0 radical (unpaired) electrons. The van der Waals surface area contributed by atoms with Crippen LogP contribution in [0.5, 0.6) is 0 Å². The summed E-state index contributed by atoms with van der Waals surface area (Å²) in [5.41, 5.74) is 1.12. The van der Waals surface area contributed by atoms with Crippen molar-refractivity contribution in [3.05, 3.63) is 29.8 Å². The van der Waals surface area contributed by atoms with Crippen molar-refractivity contribution in [3.8, 4) is 0 Å². The number of aromatic nitrogens is 2. The van der Waals surface area contributed by atoms with Crippen LogP contribution < -0.4 is 0 Å². The summed E-state index contributed by atoms with van der Waals surface area (Å²) in [5, 5.41) is -0.277. The van der Waals surface area contributed by atoms with Gasteiger partial charge in [0.15, 0.2) is 5.82 Å². The fourth-order valence-electron chi connectivity index (χ4n) is 1.96. The number of fused-ring (bicyclic) bond motifs is 1. The number of methoxy groups -OCH3 is 1. The van der Waals surface area contributed by atoms with Crippen LogP contribution in [0.25, 0.3) is 11.0 Å². The fourth-order valence-corrected chi connectivity index (χ4v) is 2.12. The van der Waals surface area contributed by atoms with Gasteiger partial charge in [-0.1, -0.05) is 6.07 Å². The molecule has 2 aromatic rings. The molecule has 0 spiro atoms. The Hall–Kier alpha value is -1.13. The van der Waals surface area contributed by atoms with Crippen LogP contribution in [0.4, 0.5) is 4.39 Å². The first-order valence-electron chi connectivity index (χ1n) is 5.86. The van der Waals surface area contributed by atoms with Crippen LogP contribution in [0.3, 0.4) is 0 Å². The second kappa shape index (κ2) is 5.24. The van der Waals surface area contributed by atoms with Crippen molar-refractivity contribution in [3.63, 3.8) is 0 Å². The van der Waals surface area contributed by atoms with Crippen molar-refractivity contribution in [1.29, 1.82) is 0 Å².